The van der Waals surface area contributed by atoms with Gasteiger partial charge in [-0.3, -0.25) is 0 Å². The largest absolute Gasteiger partial charge is 0.398 e. The molecule has 4 N–H and O–H groups in total. The third kappa shape index (κ3) is 2.06. The molecule has 0 amide bonds. The summed E-state index contributed by atoms with van der Waals surface area (Å²) in [6.07, 6.45) is 5.03. The molecule has 0 bridgehead atoms. The smallest absolute Gasteiger partial charge is 0.0614 e. The van der Waals surface area contributed by atoms with Crippen LogP contribution in [-0.2, 0) is 6.42 Å². The molecule has 84 valence electrons. The molecule has 0 saturated heterocycles. The lowest BCUT2D eigenvalue weighted by Crippen LogP contribution is -2.04. The van der Waals surface area contributed by atoms with E-state index >= 15 is 0 Å². The van der Waals surface area contributed by atoms with Gasteiger partial charge in [0.05, 0.1) is 16.3 Å². The number of hydrogen-bond acceptors (Lipinski definition) is 4. The van der Waals surface area contributed by atoms with Gasteiger partial charge in [-0.1, -0.05) is 6.92 Å². The van der Waals surface area contributed by atoms with Crippen molar-refractivity contribution in [3.63, 3.8) is 0 Å². The van der Waals surface area contributed by atoms with Crippen LogP contribution in [-0.4, -0.2) is 12.5 Å². The van der Waals surface area contributed by atoms with Gasteiger partial charge in [0.15, 0.2) is 0 Å². The molecule has 4 heteroatoms. The van der Waals surface area contributed by atoms with E-state index in [0.29, 0.717) is 0 Å². The van der Waals surface area contributed by atoms with Gasteiger partial charge in [-0.2, -0.15) is 0 Å². The van der Waals surface area contributed by atoms with Gasteiger partial charge in [0.2, 0.25) is 0 Å². The van der Waals surface area contributed by atoms with E-state index in [1.54, 1.807) is 23.5 Å². The molecular weight excluding hydrogens is 224 g/mol. The zero-order chi connectivity index (χ0) is 11.6. The molecule has 0 radical (unpaired) electrons. The number of nitrogen functional groups attached to an aromatic ring is 2. The molecule has 0 aliphatic rings. The molecule has 0 aliphatic carbocycles. The highest BCUT2D eigenvalue weighted by Crippen LogP contribution is 2.41. The molecule has 0 saturated carbocycles. The predicted octanol–water partition coefficient (Wildman–Crippen LogP) is 3.17. The van der Waals surface area contributed by atoms with Crippen LogP contribution in [0.4, 0.5) is 11.4 Å². The number of benzene rings is 1. The number of nitrogens with two attached hydrogens (primary N) is 2. The number of thioether (sulfide) groups is 2. The van der Waals surface area contributed by atoms with Crippen molar-refractivity contribution in [2.24, 2.45) is 0 Å². The second-order valence-corrected chi connectivity index (χ2v) is 4.98. The highest BCUT2D eigenvalue weighted by Gasteiger charge is 2.16. The summed E-state index contributed by atoms with van der Waals surface area (Å²) in [5, 5.41) is 0. The topological polar surface area (TPSA) is 52.0 Å². The summed E-state index contributed by atoms with van der Waals surface area (Å²) in [4.78, 5) is 2.20. The fraction of sp³-hybridized carbons (Fsp3) is 0.455. The standard InChI is InChI=1S/C11H18N2S2/c1-5-7-6(2)10(14-3)9(13)11(15-4)8(7)12/h5,12-13H2,1-4H3. The van der Waals surface area contributed by atoms with Crippen molar-refractivity contribution >= 4 is 34.9 Å². The van der Waals surface area contributed by atoms with E-state index < -0.39 is 0 Å². The number of rotatable bonds is 3. The molecule has 0 atom stereocenters. The van der Waals surface area contributed by atoms with Crippen LogP contribution in [0.25, 0.3) is 0 Å². The predicted molar refractivity (Wildman–Crippen MR) is 72.9 cm³/mol. The van der Waals surface area contributed by atoms with Crippen LogP contribution in [0, 0.1) is 6.92 Å². The normalized spacial score (nSPS) is 10.7. The van der Waals surface area contributed by atoms with Crippen molar-refractivity contribution in [1.29, 1.82) is 0 Å². The van der Waals surface area contributed by atoms with Gasteiger partial charge in [0.25, 0.3) is 0 Å². The van der Waals surface area contributed by atoms with Gasteiger partial charge in [0.1, 0.15) is 0 Å². The van der Waals surface area contributed by atoms with E-state index in [4.69, 9.17) is 11.5 Å². The molecule has 1 rings (SSSR count). The number of anilines is 2. The van der Waals surface area contributed by atoms with Crippen LogP contribution in [0.1, 0.15) is 18.1 Å². The molecule has 0 aromatic heterocycles. The van der Waals surface area contributed by atoms with E-state index in [1.165, 1.54) is 16.0 Å². The van der Waals surface area contributed by atoms with Gasteiger partial charge < -0.3 is 11.5 Å². The first-order chi connectivity index (χ1) is 7.08. The Morgan fingerprint density at radius 1 is 1.00 bits per heavy atom. The van der Waals surface area contributed by atoms with E-state index in [-0.39, 0.29) is 0 Å². The minimum Gasteiger partial charge on any atom is -0.398 e. The quantitative estimate of drug-likeness (QED) is 0.631. The Bertz CT molecular complexity index is 297. The summed E-state index contributed by atoms with van der Waals surface area (Å²) in [5.41, 5.74) is 16.4. The van der Waals surface area contributed by atoms with E-state index in [0.717, 1.165) is 22.7 Å². The van der Waals surface area contributed by atoms with Crippen LogP contribution in [0.15, 0.2) is 9.79 Å². The van der Waals surface area contributed by atoms with Gasteiger partial charge >= 0.3 is 0 Å². The van der Waals surface area contributed by atoms with Crippen LogP contribution in [0.5, 0.6) is 0 Å². The highest BCUT2D eigenvalue weighted by molar-refractivity contribution is 7.99. The van der Waals surface area contributed by atoms with Gasteiger partial charge in [-0.15, -0.1) is 23.5 Å². The SMILES string of the molecule is CCc1c(C)c(SC)c(N)c(SC)c1N. The lowest BCUT2D eigenvalue weighted by atomic mass is 10.0. The Kier molecular flexibility index (Phi) is 4.22. The maximum absolute atomic E-state index is 6.12. The molecule has 0 unspecified atom stereocenters. The van der Waals surface area contributed by atoms with Crippen LogP contribution in [0.2, 0.25) is 0 Å². The average molecular weight is 242 g/mol. The molecule has 2 nitrogen and oxygen atoms in total. The zero-order valence-electron chi connectivity index (χ0n) is 9.68. The summed E-state index contributed by atoms with van der Waals surface area (Å²) in [6, 6.07) is 0. The lowest BCUT2D eigenvalue weighted by Gasteiger charge is -2.18. The Labute approximate surface area is 100 Å². The van der Waals surface area contributed by atoms with E-state index in [2.05, 4.69) is 20.1 Å². The molecule has 15 heavy (non-hydrogen) atoms. The average Bonchev–Trinajstić information content (AvgIpc) is 2.19. The first kappa shape index (κ1) is 12.6. The Morgan fingerprint density at radius 3 is 1.93 bits per heavy atom. The van der Waals surface area contributed by atoms with Crippen molar-refractivity contribution in [2.75, 3.05) is 24.0 Å². The summed E-state index contributed by atoms with van der Waals surface area (Å²) in [6.45, 7) is 4.23. The van der Waals surface area contributed by atoms with Crippen molar-refractivity contribution < 1.29 is 0 Å². The monoisotopic (exact) mass is 242 g/mol. The van der Waals surface area contributed by atoms with Crippen molar-refractivity contribution in [1.82, 2.24) is 0 Å². The molecule has 1 aromatic carbocycles. The van der Waals surface area contributed by atoms with Gasteiger partial charge in [-0.25, -0.2) is 0 Å². The minimum atomic E-state index is 0.835. The molecule has 1 aromatic rings. The first-order valence-electron chi connectivity index (χ1n) is 4.86. The number of hydrogen-bond donors (Lipinski definition) is 2. The Balaban J connectivity index is 3.57. The van der Waals surface area contributed by atoms with Gasteiger partial charge in [-0.05, 0) is 37.0 Å². The molecular formula is C11H18N2S2. The minimum absolute atomic E-state index is 0.835. The molecule has 0 heterocycles. The van der Waals surface area contributed by atoms with Crippen molar-refractivity contribution in [3.05, 3.63) is 11.1 Å². The fourth-order valence-corrected chi connectivity index (χ4v) is 3.35. The Hall–Kier alpha value is -0.480. The summed E-state index contributed by atoms with van der Waals surface area (Å²) < 4.78 is 0. The molecule has 0 fully saturated rings. The van der Waals surface area contributed by atoms with E-state index in [9.17, 15) is 0 Å². The molecule has 0 spiro atoms. The summed E-state index contributed by atoms with van der Waals surface area (Å²) >= 11 is 3.32. The second kappa shape index (κ2) is 5.03. The summed E-state index contributed by atoms with van der Waals surface area (Å²) in [7, 11) is 0. The lowest BCUT2D eigenvalue weighted by molar-refractivity contribution is 1.07. The first-order valence-corrected chi connectivity index (χ1v) is 7.31. The Morgan fingerprint density at radius 2 is 1.53 bits per heavy atom. The molecule has 0 aliphatic heterocycles. The maximum atomic E-state index is 6.12. The zero-order valence-corrected chi connectivity index (χ0v) is 11.3. The van der Waals surface area contributed by atoms with Crippen LogP contribution >= 0.6 is 23.5 Å². The summed E-state index contributed by atoms with van der Waals surface area (Å²) in [5.74, 6) is 0. The van der Waals surface area contributed by atoms with Gasteiger partial charge in [0, 0.05) is 4.90 Å². The highest BCUT2D eigenvalue weighted by atomic mass is 32.2. The van der Waals surface area contributed by atoms with E-state index in [1.807, 2.05) is 6.26 Å². The third-order valence-corrected chi connectivity index (χ3v) is 4.40. The third-order valence-electron chi connectivity index (χ3n) is 2.61. The van der Waals surface area contributed by atoms with Crippen molar-refractivity contribution in [2.45, 2.75) is 30.1 Å². The van der Waals surface area contributed by atoms with Crippen LogP contribution in [0.3, 0.4) is 0 Å². The fourth-order valence-electron chi connectivity index (χ4n) is 1.86. The maximum Gasteiger partial charge on any atom is 0.0614 e. The van der Waals surface area contributed by atoms with Crippen LogP contribution < -0.4 is 11.5 Å². The van der Waals surface area contributed by atoms with Crippen molar-refractivity contribution in [3.8, 4) is 0 Å². The second-order valence-electron chi connectivity index (χ2n) is 3.35.